The first kappa shape index (κ1) is 11.7. The van der Waals surface area contributed by atoms with Crippen molar-refractivity contribution in [2.45, 2.75) is 20.3 Å². The highest BCUT2D eigenvalue weighted by atomic mass is 16.5. The van der Waals surface area contributed by atoms with Crippen molar-refractivity contribution in [3.05, 3.63) is 36.5 Å². The van der Waals surface area contributed by atoms with Crippen molar-refractivity contribution >= 4 is 5.97 Å². The van der Waals surface area contributed by atoms with Gasteiger partial charge in [-0.2, -0.15) is 0 Å². The summed E-state index contributed by atoms with van der Waals surface area (Å²) in [6.07, 6.45) is 8.04. The molecule has 0 N–H and O–H groups in total. The van der Waals surface area contributed by atoms with E-state index in [1.807, 2.05) is 19.1 Å². The number of hydrogen-bond acceptors (Lipinski definition) is 2. The van der Waals surface area contributed by atoms with E-state index in [9.17, 15) is 4.79 Å². The Hall–Kier alpha value is -1.31. The molecule has 0 aliphatic rings. The van der Waals surface area contributed by atoms with Crippen LogP contribution in [0.4, 0.5) is 0 Å². The fraction of sp³-hybridized carbons (Fsp3) is 0.364. The maximum Gasteiger partial charge on any atom is 0.333 e. The van der Waals surface area contributed by atoms with Gasteiger partial charge in [-0.15, -0.1) is 6.58 Å². The van der Waals surface area contributed by atoms with E-state index in [0.29, 0.717) is 12.2 Å². The molecule has 0 aliphatic carbocycles. The minimum Gasteiger partial charge on any atom is -0.458 e. The molecule has 0 saturated heterocycles. The number of ether oxygens (including phenoxy) is 1. The molecule has 0 atom stereocenters. The molecule has 2 nitrogen and oxygen atoms in total. The zero-order chi connectivity index (χ0) is 10.1. The molecule has 0 aromatic carbocycles. The lowest BCUT2D eigenvalue weighted by atomic mass is 10.3. The van der Waals surface area contributed by atoms with Gasteiger partial charge in [0.05, 0.1) is 0 Å². The molecule has 0 rings (SSSR count). The van der Waals surface area contributed by atoms with Crippen molar-refractivity contribution in [2.75, 3.05) is 6.61 Å². The van der Waals surface area contributed by atoms with Crippen molar-refractivity contribution in [1.82, 2.24) is 0 Å². The van der Waals surface area contributed by atoms with Gasteiger partial charge in [-0.1, -0.05) is 24.3 Å². The predicted octanol–water partition coefficient (Wildman–Crippen LogP) is 2.63. The molecule has 0 spiro atoms. The van der Waals surface area contributed by atoms with Gasteiger partial charge >= 0.3 is 5.97 Å². The van der Waals surface area contributed by atoms with Gasteiger partial charge in [0.2, 0.25) is 0 Å². The molecular weight excluding hydrogens is 164 g/mol. The van der Waals surface area contributed by atoms with Gasteiger partial charge in [0, 0.05) is 5.57 Å². The highest BCUT2D eigenvalue weighted by Crippen LogP contribution is 1.95. The molecule has 0 saturated carbocycles. The lowest BCUT2D eigenvalue weighted by Gasteiger charge is -1.99. The molecule has 2 heteroatoms. The Bertz CT molecular complexity index is 224. The summed E-state index contributed by atoms with van der Waals surface area (Å²) < 4.78 is 4.91. The molecule has 0 amide bonds. The topological polar surface area (TPSA) is 26.3 Å². The van der Waals surface area contributed by atoms with Crippen LogP contribution in [0.1, 0.15) is 20.3 Å². The Morgan fingerprint density at radius 3 is 2.69 bits per heavy atom. The molecule has 0 fully saturated rings. The molecule has 0 aromatic heterocycles. The standard InChI is InChI=1S/C11H16O2/c1-4-6-7-8-9-13-11(12)10(3)5-2/h4-5,7-8H,1,6,9H2,2-3H3/b8-7+,10-5-. The monoisotopic (exact) mass is 180 g/mol. The van der Waals surface area contributed by atoms with Crippen LogP contribution in [0.5, 0.6) is 0 Å². The Kier molecular flexibility index (Phi) is 6.60. The Balaban J connectivity index is 3.65. The largest absolute Gasteiger partial charge is 0.458 e. The van der Waals surface area contributed by atoms with Crippen LogP contribution in [0.15, 0.2) is 36.5 Å². The van der Waals surface area contributed by atoms with Gasteiger partial charge in [0.25, 0.3) is 0 Å². The molecule has 0 heterocycles. The normalized spacial score (nSPS) is 11.7. The minimum absolute atomic E-state index is 0.259. The van der Waals surface area contributed by atoms with Crippen molar-refractivity contribution in [2.24, 2.45) is 0 Å². The first-order chi connectivity index (χ1) is 6.22. The number of rotatable bonds is 5. The van der Waals surface area contributed by atoms with Gasteiger partial charge < -0.3 is 4.74 Å². The van der Waals surface area contributed by atoms with E-state index < -0.39 is 0 Å². The molecule has 13 heavy (non-hydrogen) atoms. The third kappa shape index (κ3) is 5.91. The molecule has 0 aromatic rings. The van der Waals surface area contributed by atoms with E-state index in [1.165, 1.54) is 0 Å². The smallest absolute Gasteiger partial charge is 0.333 e. The number of carbonyl (C=O) groups is 1. The Labute approximate surface area is 79.6 Å². The molecule has 0 unspecified atom stereocenters. The molecule has 0 radical (unpaired) electrons. The second-order valence-corrected chi connectivity index (χ2v) is 2.57. The summed E-state index contributed by atoms with van der Waals surface area (Å²) in [5.41, 5.74) is 0.636. The quantitative estimate of drug-likeness (QED) is 0.369. The van der Waals surface area contributed by atoms with Crippen LogP contribution in [0, 0.1) is 0 Å². The first-order valence-electron chi connectivity index (χ1n) is 4.28. The third-order valence-corrected chi connectivity index (χ3v) is 1.54. The number of allylic oxidation sites excluding steroid dienone is 3. The van der Waals surface area contributed by atoms with E-state index >= 15 is 0 Å². The van der Waals surface area contributed by atoms with Gasteiger partial charge in [-0.3, -0.25) is 0 Å². The average Bonchev–Trinajstić information content (AvgIpc) is 2.16. The van der Waals surface area contributed by atoms with E-state index in [1.54, 1.807) is 19.1 Å². The first-order valence-corrected chi connectivity index (χ1v) is 4.28. The lowest BCUT2D eigenvalue weighted by Crippen LogP contribution is -2.05. The fourth-order valence-electron chi connectivity index (χ4n) is 0.616. The van der Waals surface area contributed by atoms with Gasteiger partial charge in [0.15, 0.2) is 0 Å². The predicted molar refractivity (Wildman–Crippen MR) is 54.3 cm³/mol. The average molecular weight is 180 g/mol. The second kappa shape index (κ2) is 7.35. The van der Waals surface area contributed by atoms with Crippen molar-refractivity contribution in [3.63, 3.8) is 0 Å². The molecular formula is C11H16O2. The van der Waals surface area contributed by atoms with Gasteiger partial charge in [0.1, 0.15) is 6.61 Å². The summed E-state index contributed by atoms with van der Waals surface area (Å²) in [6.45, 7) is 7.44. The molecule has 72 valence electrons. The minimum atomic E-state index is -0.259. The summed E-state index contributed by atoms with van der Waals surface area (Å²) in [6, 6.07) is 0. The van der Waals surface area contributed by atoms with E-state index in [-0.39, 0.29) is 5.97 Å². The van der Waals surface area contributed by atoms with Gasteiger partial charge in [-0.05, 0) is 20.3 Å². The zero-order valence-electron chi connectivity index (χ0n) is 8.25. The SMILES string of the molecule is C=CC/C=C/COC(=O)/C(C)=C\C. The van der Waals surface area contributed by atoms with Crippen LogP contribution in [0.3, 0.4) is 0 Å². The second-order valence-electron chi connectivity index (χ2n) is 2.57. The maximum atomic E-state index is 11.1. The van der Waals surface area contributed by atoms with Crippen LogP contribution in [0.2, 0.25) is 0 Å². The van der Waals surface area contributed by atoms with E-state index in [0.717, 1.165) is 6.42 Å². The van der Waals surface area contributed by atoms with Crippen molar-refractivity contribution < 1.29 is 9.53 Å². The van der Waals surface area contributed by atoms with Crippen LogP contribution in [0.25, 0.3) is 0 Å². The number of hydrogen-bond donors (Lipinski definition) is 0. The molecule has 0 bridgehead atoms. The van der Waals surface area contributed by atoms with Gasteiger partial charge in [-0.25, -0.2) is 4.79 Å². The summed E-state index contributed by atoms with van der Waals surface area (Å²) in [5, 5.41) is 0. The Morgan fingerprint density at radius 2 is 2.15 bits per heavy atom. The number of esters is 1. The number of carbonyl (C=O) groups excluding carboxylic acids is 1. The summed E-state index contributed by atoms with van der Waals surface area (Å²) in [7, 11) is 0. The van der Waals surface area contributed by atoms with E-state index in [4.69, 9.17) is 4.74 Å². The van der Waals surface area contributed by atoms with Crippen molar-refractivity contribution in [3.8, 4) is 0 Å². The maximum absolute atomic E-state index is 11.1. The van der Waals surface area contributed by atoms with Crippen LogP contribution < -0.4 is 0 Å². The van der Waals surface area contributed by atoms with E-state index in [2.05, 4.69) is 6.58 Å². The fourth-order valence-corrected chi connectivity index (χ4v) is 0.616. The summed E-state index contributed by atoms with van der Waals surface area (Å²) >= 11 is 0. The Morgan fingerprint density at radius 1 is 1.46 bits per heavy atom. The van der Waals surface area contributed by atoms with Crippen molar-refractivity contribution in [1.29, 1.82) is 0 Å². The van der Waals surface area contributed by atoms with Crippen LogP contribution >= 0.6 is 0 Å². The molecule has 0 aliphatic heterocycles. The highest BCUT2D eigenvalue weighted by molar-refractivity contribution is 5.87. The zero-order valence-corrected chi connectivity index (χ0v) is 8.25. The summed E-state index contributed by atoms with van der Waals surface area (Å²) in [5.74, 6) is -0.259. The van der Waals surface area contributed by atoms with Crippen LogP contribution in [-0.4, -0.2) is 12.6 Å². The summed E-state index contributed by atoms with van der Waals surface area (Å²) in [4.78, 5) is 11.1. The lowest BCUT2D eigenvalue weighted by molar-refractivity contribution is -0.137. The van der Waals surface area contributed by atoms with Crippen LogP contribution in [-0.2, 0) is 9.53 Å². The third-order valence-electron chi connectivity index (χ3n) is 1.54. The highest BCUT2D eigenvalue weighted by Gasteiger charge is 2.01.